The van der Waals surface area contributed by atoms with Crippen molar-refractivity contribution in [3.63, 3.8) is 0 Å². The van der Waals surface area contributed by atoms with Crippen LogP contribution in [-0.4, -0.2) is 25.4 Å². The summed E-state index contributed by atoms with van der Waals surface area (Å²) in [7, 11) is 0. The summed E-state index contributed by atoms with van der Waals surface area (Å²) in [6.07, 6.45) is 4.32. The van der Waals surface area contributed by atoms with Crippen molar-refractivity contribution in [3.05, 3.63) is 39.1 Å². The van der Waals surface area contributed by atoms with Crippen LogP contribution >= 0.6 is 38.9 Å². The zero-order valence-electron chi connectivity index (χ0n) is 11.7. The number of thiazole rings is 1. The molecule has 0 saturated heterocycles. The van der Waals surface area contributed by atoms with Gasteiger partial charge in [-0.2, -0.15) is 0 Å². The van der Waals surface area contributed by atoms with Crippen LogP contribution in [0, 0.1) is 0 Å². The van der Waals surface area contributed by atoms with Crippen molar-refractivity contribution >= 4 is 50.0 Å². The molecule has 0 bridgehead atoms. The number of rotatable bonds is 4. The Morgan fingerprint density at radius 2 is 2.19 bits per heavy atom. The third-order valence-corrected chi connectivity index (χ3v) is 5.07. The fraction of sp³-hybridized carbons (Fsp3) is 0.357. The molecule has 0 atom stereocenters. The summed E-state index contributed by atoms with van der Waals surface area (Å²) < 4.78 is 3.07. The molecule has 0 radical (unpaired) electrons. The van der Waals surface area contributed by atoms with E-state index >= 15 is 0 Å². The quantitative estimate of drug-likeness (QED) is 0.632. The number of pyridine rings is 1. The van der Waals surface area contributed by atoms with E-state index in [1.165, 1.54) is 0 Å². The lowest BCUT2D eigenvalue weighted by atomic mass is 10.1. The minimum absolute atomic E-state index is 0.314. The summed E-state index contributed by atoms with van der Waals surface area (Å²) in [5.41, 5.74) is 1.41. The number of alkyl halides is 1. The first-order chi connectivity index (χ1) is 10.0. The highest BCUT2D eigenvalue weighted by Gasteiger charge is 2.30. The predicted molar refractivity (Wildman–Crippen MR) is 90.2 cm³/mol. The SMILES string of the molecule is CC(C)(c1nccs1)n1c(CCCl)nc2cc(Br)cnc21. The molecule has 0 aliphatic heterocycles. The number of aromatic nitrogens is 4. The Morgan fingerprint density at radius 1 is 1.38 bits per heavy atom. The highest BCUT2D eigenvalue weighted by Crippen LogP contribution is 2.32. The lowest BCUT2D eigenvalue weighted by molar-refractivity contribution is 0.429. The molecule has 0 aliphatic carbocycles. The molecule has 0 fully saturated rings. The molecule has 0 N–H and O–H groups in total. The van der Waals surface area contributed by atoms with Crippen LogP contribution in [0.1, 0.15) is 24.7 Å². The molecule has 110 valence electrons. The third-order valence-electron chi connectivity index (χ3n) is 3.37. The second kappa shape index (κ2) is 5.66. The van der Waals surface area contributed by atoms with Gasteiger partial charge in [0, 0.05) is 34.5 Å². The molecule has 0 amide bonds. The highest BCUT2D eigenvalue weighted by atomic mass is 79.9. The first-order valence-electron chi connectivity index (χ1n) is 6.53. The van der Waals surface area contributed by atoms with Gasteiger partial charge in [-0.15, -0.1) is 22.9 Å². The van der Waals surface area contributed by atoms with E-state index in [9.17, 15) is 0 Å². The fourth-order valence-electron chi connectivity index (χ4n) is 2.45. The Kier molecular flexibility index (Phi) is 4.03. The molecule has 0 spiro atoms. The van der Waals surface area contributed by atoms with Gasteiger partial charge in [-0.1, -0.05) is 0 Å². The molecule has 3 heterocycles. The Balaban J connectivity index is 2.26. The third kappa shape index (κ3) is 2.60. The Morgan fingerprint density at radius 3 is 2.86 bits per heavy atom. The summed E-state index contributed by atoms with van der Waals surface area (Å²) in [6, 6.07) is 1.98. The summed E-state index contributed by atoms with van der Waals surface area (Å²) in [4.78, 5) is 13.7. The van der Waals surface area contributed by atoms with Gasteiger partial charge < -0.3 is 4.57 Å². The van der Waals surface area contributed by atoms with Crippen molar-refractivity contribution in [3.8, 4) is 0 Å². The van der Waals surface area contributed by atoms with E-state index in [0.717, 1.165) is 26.5 Å². The largest absolute Gasteiger partial charge is 0.300 e. The van der Waals surface area contributed by atoms with Gasteiger partial charge in [-0.25, -0.2) is 15.0 Å². The van der Waals surface area contributed by atoms with Gasteiger partial charge >= 0.3 is 0 Å². The van der Waals surface area contributed by atoms with Crippen molar-refractivity contribution in [2.75, 3.05) is 5.88 Å². The van der Waals surface area contributed by atoms with E-state index in [4.69, 9.17) is 16.6 Å². The van der Waals surface area contributed by atoms with Crippen LogP contribution in [0.2, 0.25) is 0 Å². The van der Waals surface area contributed by atoms with Crippen LogP contribution in [0.15, 0.2) is 28.3 Å². The van der Waals surface area contributed by atoms with E-state index in [0.29, 0.717) is 12.3 Å². The number of hydrogen-bond acceptors (Lipinski definition) is 4. The van der Waals surface area contributed by atoms with Gasteiger partial charge in [0.2, 0.25) is 0 Å². The van der Waals surface area contributed by atoms with Gasteiger partial charge in [0.05, 0.1) is 5.54 Å². The molecule has 0 unspecified atom stereocenters. The molecular weight excluding hydrogens is 372 g/mol. The normalized spacial score (nSPS) is 12.2. The molecule has 0 saturated carbocycles. The molecule has 7 heteroatoms. The predicted octanol–water partition coefficient (Wildman–Crippen LogP) is 4.22. The summed E-state index contributed by atoms with van der Waals surface area (Å²) in [5, 5.41) is 3.02. The molecule has 3 aromatic heterocycles. The summed E-state index contributed by atoms with van der Waals surface area (Å²) >= 11 is 11.0. The van der Waals surface area contributed by atoms with E-state index in [-0.39, 0.29) is 5.54 Å². The fourth-order valence-corrected chi connectivity index (χ4v) is 3.69. The lowest BCUT2D eigenvalue weighted by Crippen LogP contribution is -2.29. The van der Waals surface area contributed by atoms with Gasteiger partial charge in [0.1, 0.15) is 16.3 Å². The topological polar surface area (TPSA) is 43.6 Å². The number of nitrogens with zero attached hydrogens (tertiary/aromatic N) is 4. The first-order valence-corrected chi connectivity index (χ1v) is 8.74. The van der Waals surface area contributed by atoms with Gasteiger partial charge in [-0.05, 0) is 35.8 Å². The van der Waals surface area contributed by atoms with Crippen molar-refractivity contribution in [1.29, 1.82) is 0 Å². The maximum absolute atomic E-state index is 5.95. The molecule has 0 aliphatic rings. The van der Waals surface area contributed by atoms with Crippen LogP contribution in [0.5, 0.6) is 0 Å². The van der Waals surface area contributed by atoms with Crippen LogP contribution < -0.4 is 0 Å². The molecule has 0 aromatic carbocycles. The molecular formula is C14H14BrClN4S. The van der Waals surface area contributed by atoms with E-state index in [1.807, 2.05) is 17.6 Å². The zero-order chi connectivity index (χ0) is 15.0. The van der Waals surface area contributed by atoms with Gasteiger partial charge in [0.25, 0.3) is 0 Å². The standard InChI is InChI=1S/C14H14BrClN4S/c1-14(2,13-17-5-6-21-13)20-11(3-4-16)19-10-7-9(15)8-18-12(10)20/h5-8H,3-4H2,1-2H3. The lowest BCUT2D eigenvalue weighted by Gasteiger charge is -2.26. The van der Waals surface area contributed by atoms with E-state index in [1.54, 1.807) is 17.5 Å². The van der Waals surface area contributed by atoms with Crippen LogP contribution in [-0.2, 0) is 12.0 Å². The number of hydrogen-bond donors (Lipinski definition) is 0. The first kappa shape index (κ1) is 14.9. The van der Waals surface area contributed by atoms with Crippen LogP contribution in [0.25, 0.3) is 11.2 Å². The minimum atomic E-state index is -0.314. The second-order valence-electron chi connectivity index (χ2n) is 5.19. The number of halogens is 2. The Bertz CT molecular complexity index is 767. The molecule has 21 heavy (non-hydrogen) atoms. The maximum atomic E-state index is 5.95. The smallest absolute Gasteiger partial charge is 0.160 e. The van der Waals surface area contributed by atoms with Gasteiger partial charge in [-0.3, -0.25) is 0 Å². The van der Waals surface area contributed by atoms with Crippen molar-refractivity contribution in [1.82, 2.24) is 19.5 Å². The average molecular weight is 386 g/mol. The second-order valence-corrected chi connectivity index (χ2v) is 7.38. The monoisotopic (exact) mass is 384 g/mol. The maximum Gasteiger partial charge on any atom is 0.160 e. The number of fused-ring (bicyclic) bond motifs is 1. The van der Waals surface area contributed by atoms with Crippen LogP contribution in [0.4, 0.5) is 0 Å². The molecule has 3 rings (SSSR count). The van der Waals surface area contributed by atoms with Crippen molar-refractivity contribution in [2.45, 2.75) is 25.8 Å². The zero-order valence-corrected chi connectivity index (χ0v) is 14.8. The highest BCUT2D eigenvalue weighted by molar-refractivity contribution is 9.10. The number of imidazole rings is 1. The van der Waals surface area contributed by atoms with E-state index in [2.05, 4.69) is 44.3 Å². The summed E-state index contributed by atoms with van der Waals surface area (Å²) in [6.45, 7) is 4.27. The van der Waals surface area contributed by atoms with Gasteiger partial charge in [0.15, 0.2) is 5.65 Å². The van der Waals surface area contributed by atoms with E-state index < -0.39 is 0 Å². The van der Waals surface area contributed by atoms with Crippen LogP contribution in [0.3, 0.4) is 0 Å². The Labute approximate surface area is 140 Å². The molecule has 4 nitrogen and oxygen atoms in total. The number of aryl methyl sites for hydroxylation is 1. The van der Waals surface area contributed by atoms with Crippen molar-refractivity contribution in [2.24, 2.45) is 0 Å². The molecule has 3 aromatic rings. The minimum Gasteiger partial charge on any atom is -0.300 e. The Hall–Kier alpha value is -0.980. The summed E-state index contributed by atoms with van der Waals surface area (Å²) in [5.74, 6) is 1.46. The average Bonchev–Trinajstić information content (AvgIpc) is 3.05. The van der Waals surface area contributed by atoms with Crippen molar-refractivity contribution < 1.29 is 0 Å².